The first-order chi connectivity index (χ1) is 13.6. The zero-order chi connectivity index (χ0) is 19.5. The number of hydrogen-bond donors (Lipinski definition) is 1. The van der Waals surface area contributed by atoms with Gasteiger partial charge in [-0.25, -0.2) is 9.67 Å². The molecule has 4 aromatic heterocycles. The highest BCUT2D eigenvalue weighted by Crippen LogP contribution is 2.26. The molecule has 0 radical (unpaired) electrons. The average Bonchev–Trinajstić information content (AvgIpc) is 3.37. The van der Waals surface area contributed by atoms with Crippen LogP contribution < -0.4 is 5.32 Å². The van der Waals surface area contributed by atoms with Gasteiger partial charge in [0.05, 0.1) is 23.4 Å². The monoisotopic (exact) mass is 375 g/mol. The number of fused-ring (bicyclic) bond motifs is 1. The molecule has 0 spiro atoms. The molecule has 0 saturated carbocycles. The highest BCUT2D eigenvalue weighted by Gasteiger charge is 2.19. The fraction of sp³-hybridized carbons (Fsp3) is 0.238. The van der Waals surface area contributed by atoms with E-state index in [1.54, 1.807) is 30.8 Å². The Bertz CT molecular complexity index is 1080. The summed E-state index contributed by atoms with van der Waals surface area (Å²) in [6.07, 6.45) is 5.70. The lowest BCUT2D eigenvalue weighted by molar-refractivity contribution is 0.0955. The van der Waals surface area contributed by atoms with Crippen molar-refractivity contribution >= 4 is 16.9 Å². The van der Waals surface area contributed by atoms with Crippen LogP contribution in [-0.4, -0.2) is 32.2 Å². The number of rotatable bonds is 6. The van der Waals surface area contributed by atoms with Gasteiger partial charge in [-0.1, -0.05) is 6.07 Å². The molecule has 1 amide bonds. The standard InChI is InChI=1S/C21H21N5O2/c1-14(2)26-20-17(13-24-26)16(12-18(25-20)19-7-5-11-28-19)21(27)23-10-8-15-6-3-4-9-22-15/h3-7,9,11-14H,8,10H2,1-2H3,(H,23,27). The molecule has 1 N–H and O–H groups in total. The molecule has 0 aromatic carbocycles. The van der Waals surface area contributed by atoms with E-state index in [0.717, 1.165) is 11.1 Å². The molecular weight excluding hydrogens is 354 g/mol. The van der Waals surface area contributed by atoms with Gasteiger partial charge in [0, 0.05) is 30.9 Å². The van der Waals surface area contributed by atoms with Crippen molar-refractivity contribution in [3.05, 3.63) is 66.3 Å². The molecule has 0 fully saturated rings. The maximum atomic E-state index is 12.9. The normalized spacial score (nSPS) is 11.2. The van der Waals surface area contributed by atoms with E-state index in [0.29, 0.717) is 35.6 Å². The minimum atomic E-state index is -0.167. The molecule has 28 heavy (non-hydrogen) atoms. The summed E-state index contributed by atoms with van der Waals surface area (Å²) in [5, 5.41) is 8.12. The second-order valence-corrected chi connectivity index (χ2v) is 6.78. The second kappa shape index (κ2) is 7.64. The number of hydrogen-bond acceptors (Lipinski definition) is 5. The van der Waals surface area contributed by atoms with E-state index in [2.05, 4.69) is 20.4 Å². The Hall–Kier alpha value is -3.48. The SMILES string of the molecule is CC(C)n1ncc2c(C(=O)NCCc3ccccn3)cc(-c3ccco3)nc21. The van der Waals surface area contributed by atoms with Gasteiger partial charge >= 0.3 is 0 Å². The summed E-state index contributed by atoms with van der Waals surface area (Å²) in [6.45, 7) is 4.55. The van der Waals surface area contributed by atoms with Crippen molar-refractivity contribution in [1.82, 2.24) is 25.1 Å². The lowest BCUT2D eigenvalue weighted by atomic mass is 10.1. The zero-order valence-corrected chi connectivity index (χ0v) is 15.8. The van der Waals surface area contributed by atoms with Crippen LogP contribution in [0.4, 0.5) is 0 Å². The van der Waals surface area contributed by atoms with Crippen molar-refractivity contribution in [3.8, 4) is 11.5 Å². The second-order valence-electron chi connectivity index (χ2n) is 6.78. The fourth-order valence-corrected chi connectivity index (χ4v) is 3.08. The van der Waals surface area contributed by atoms with Crippen LogP contribution in [0.15, 0.2) is 59.5 Å². The Kier molecular flexibility index (Phi) is 4.89. The number of nitrogens with one attached hydrogen (secondary N) is 1. The molecule has 7 nitrogen and oxygen atoms in total. The Morgan fingerprint density at radius 2 is 2.14 bits per heavy atom. The van der Waals surface area contributed by atoms with Gasteiger partial charge in [0.15, 0.2) is 11.4 Å². The molecule has 4 heterocycles. The van der Waals surface area contributed by atoms with Crippen LogP contribution in [0.2, 0.25) is 0 Å². The molecule has 0 aliphatic heterocycles. The zero-order valence-electron chi connectivity index (χ0n) is 15.8. The maximum absolute atomic E-state index is 12.9. The lowest BCUT2D eigenvalue weighted by Crippen LogP contribution is -2.26. The van der Waals surface area contributed by atoms with Crippen molar-refractivity contribution in [2.45, 2.75) is 26.3 Å². The highest BCUT2D eigenvalue weighted by molar-refractivity contribution is 6.06. The molecule has 7 heteroatoms. The summed E-state index contributed by atoms with van der Waals surface area (Å²) in [5.41, 5.74) is 2.74. The molecule has 0 bridgehead atoms. The summed E-state index contributed by atoms with van der Waals surface area (Å²) in [4.78, 5) is 21.9. The first-order valence-electron chi connectivity index (χ1n) is 9.23. The van der Waals surface area contributed by atoms with Gasteiger partial charge < -0.3 is 9.73 Å². The molecule has 0 saturated heterocycles. The summed E-state index contributed by atoms with van der Waals surface area (Å²) in [6, 6.07) is 11.3. The van der Waals surface area contributed by atoms with Gasteiger partial charge in [0.25, 0.3) is 5.91 Å². The third-order valence-electron chi connectivity index (χ3n) is 4.47. The third kappa shape index (κ3) is 3.51. The van der Waals surface area contributed by atoms with Crippen LogP contribution in [0, 0.1) is 0 Å². The molecule has 4 aromatic rings. The Labute approximate surface area is 162 Å². The minimum Gasteiger partial charge on any atom is -0.463 e. The van der Waals surface area contributed by atoms with Crippen molar-refractivity contribution in [1.29, 1.82) is 0 Å². The van der Waals surface area contributed by atoms with Gasteiger partial charge in [0.2, 0.25) is 0 Å². The van der Waals surface area contributed by atoms with E-state index < -0.39 is 0 Å². The van der Waals surface area contributed by atoms with E-state index >= 15 is 0 Å². The first-order valence-corrected chi connectivity index (χ1v) is 9.23. The van der Waals surface area contributed by atoms with Crippen LogP contribution in [0.5, 0.6) is 0 Å². The number of pyridine rings is 2. The highest BCUT2D eigenvalue weighted by atomic mass is 16.3. The lowest BCUT2D eigenvalue weighted by Gasteiger charge is -2.10. The van der Waals surface area contributed by atoms with Crippen LogP contribution in [-0.2, 0) is 6.42 Å². The van der Waals surface area contributed by atoms with Crippen LogP contribution >= 0.6 is 0 Å². The molecule has 4 rings (SSSR count). The van der Waals surface area contributed by atoms with Gasteiger partial charge in [-0.15, -0.1) is 0 Å². The summed E-state index contributed by atoms with van der Waals surface area (Å²) in [7, 11) is 0. The van der Waals surface area contributed by atoms with Gasteiger partial charge in [-0.2, -0.15) is 5.10 Å². The molecule has 0 aliphatic carbocycles. The van der Waals surface area contributed by atoms with Crippen LogP contribution in [0.1, 0.15) is 35.9 Å². The van der Waals surface area contributed by atoms with E-state index in [1.165, 1.54) is 0 Å². The number of amides is 1. The van der Waals surface area contributed by atoms with Gasteiger partial charge in [-0.3, -0.25) is 9.78 Å². The van der Waals surface area contributed by atoms with Gasteiger partial charge in [0.1, 0.15) is 5.69 Å². The maximum Gasteiger partial charge on any atom is 0.252 e. The molecule has 0 unspecified atom stereocenters. The third-order valence-corrected chi connectivity index (χ3v) is 4.47. The van der Waals surface area contributed by atoms with Crippen molar-refractivity contribution in [2.75, 3.05) is 6.54 Å². The van der Waals surface area contributed by atoms with Crippen LogP contribution in [0.3, 0.4) is 0 Å². The van der Waals surface area contributed by atoms with Gasteiger partial charge in [-0.05, 0) is 44.2 Å². The molecular formula is C21H21N5O2. The number of furan rings is 1. The summed E-state index contributed by atoms with van der Waals surface area (Å²) in [5.74, 6) is 0.445. The summed E-state index contributed by atoms with van der Waals surface area (Å²) >= 11 is 0. The van der Waals surface area contributed by atoms with E-state index in [4.69, 9.17) is 4.42 Å². The molecule has 0 aliphatic rings. The predicted octanol–water partition coefficient (Wildman–Crippen LogP) is 3.64. The molecule has 0 atom stereocenters. The topological polar surface area (TPSA) is 85.8 Å². The van der Waals surface area contributed by atoms with Crippen molar-refractivity contribution in [3.63, 3.8) is 0 Å². The van der Waals surface area contributed by atoms with Crippen LogP contribution in [0.25, 0.3) is 22.5 Å². The molecule has 142 valence electrons. The minimum absolute atomic E-state index is 0.122. The quantitative estimate of drug-likeness (QED) is 0.556. The average molecular weight is 375 g/mol. The number of nitrogens with zero attached hydrogens (tertiary/aromatic N) is 4. The summed E-state index contributed by atoms with van der Waals surface area (Å²) < 4.78 is 7.30. The smallest absolute Gasteiger partial charge is 0.252 e. The largest absolute Gasteiger partial charge is 0.463 e. The first kappa shape index (κ1) is 17.9. The van der Waals surface area contributed by atoms with Crippen molar-refractivity contribution in [2.24, 2.45) is 0 Å². The Morgan fingerprint density at radius 3 is 2.86 bits per heavy atom. The Morgan fingerprint density at radius 1 is 1.25 bits per heavy atom. The number of carbonyl (C=O) groups is 1. The van der Waals surface area contributed by atoms with E-state index in [-0.39, 0.29) is 11.9 Å². The number of aromatic nitrogens is 4. The fourth-order valence-electron chi connectivity index (χ4n) is 3.08. The predicted molar refractivity (Wildman–Crippen MR) is 106 cm³/mol. The van der Waals surface area contributed by atoms with E-state index in [9.17, 15) is 4.79 Å². The Balaban J connectivity index is 1.65. The van der Waals surface area contributed by atoms with Crippen molar-refractivity contribution < 1.29 is 9.21 Å². The van der Waals surface area contributed by atoms with E-state index in [1.807, 2.05) is 42.8 Å². The number of carbonyl (C=O) groups excluding carboxylic acids is 1.